The van der Waals surface area contributed by atoms with Gasteiger partial charge in [-0.25, -0.2) is 4.79 Å². The zero-order chi connectivity index (χ0) is 11.0. The zero-order valence-electron chi connectivity index (χ0n) is 7.36. The van der Waals surface area contributed by atoms with Gasteiger partial charge in [-0.1, -0.05) is 0 Å². The normalized spacial score (nSPS) is 10.5. The molecule has 2 rings (SSSR count). The van der Waals surface area contributed by atoms with Gasteiger partial charge in [0.05, 0.1) is 4.47 Å². The third kappa shape index (κ3) is 1.66. The van der Waals surface area contributed by atoms with Crippen molar-refractivity contribution in [3.63, 3.8) is 0 Å². The van der Waals surface area contributed by atoms with Crippen molar-refractivity contribution in [2.45, 2.75) is 0 Å². The van der Waals surface area contributed by atoms with Crippen LogP contribution < -0.4 is 0 Å². The van der Waals surface area contributed by atoms with Gasteiger partial charge in [-0.15, -0.1) is 0 Å². The first kappa shape index (κ1) is 9.92. The molecule has 1 heterocycles. The van der Waals surface area contributed by atoms with Crippen molar-refractivity contribution < 1.29 is 19.1 Å². The van der Waals surface area contributed by atoms with Crippen LogP contribution in [0.5, 0.6) is 0 Å². The second-order valence-electron chi connectivity index (χ2n) is 2.93. The number of Topliss-reactive ketones (excluding diaryl/α,β-unsaturated/α-hetero) is 1. The van der Waals surface area contributed by atoms with Crippen molar-refractivity contribution in [3.8, 4) is 0 Å². The maximum absolute atomic E-state index is 11.2. The van der Waals surface area contributed by atoms with Crippen LogP contribution in [-0.2, 0) is 4.79 Å². The van der Waals surface area contributed by atoms with Crippen LogP contribution in [-0.4, -0.2) is 16.9 Å². The third-order valence-corrected chi connectivity index (χ3v) is 2.60. The largest absolute Gasteiger partial charge is 0.475 e. The smallest absolute Gasteiger partial charge is 0.377 e. The Bertz CT molecular complexity index is 556. The van der Waals surface area contributed by atoms with Crippen LogP contribution in [0.3, 0.4) is 0 Å². The minimum absolute atomic E-state index is 0.136. The monoisotopic (exact) mass is 268 g/mol. The molecule has 0 saturated heterocycles. The Morgan fingerprint density at radius 3 is 2.73 bits per heavy atom. The zero-order valence-corrected chi connectivity index (χ0v) is 8.95. The summed E-state index contributed by atoms with van der Waals surface area (Å²) in [6.45, 7) is 0. The highest BCUT2D eigenvalue weighted by molar-refractivity contribution is 9.10. The lowest BCUT2D eigenvalue weighted by Crippen LogP contribution is -2.12. The van der Waals surface area contributed by atoms with Crippen LogP contribution in [0.25, 0.3) is 11.0 Å². The van der Waals surface area contributed by atoms with E-state index in [4.69, 9.17) is 9.52 Å². The number of carbonyl (C=O) groups is 2. The van der Waals surface area contributed by atoms with Gasteiger partial charge in [-0.3, -0.25) is 4.79 Å². The Hall–Kier alpha value is -1.62. The molecule has 2 aromatic rings. The van der Waals surface area contributed by atoms with Crippen LogP contribution in [0, 0.1) is 0 Å². The van der Waals surface area contributed by atoms with Crippen molar-refractivity contribution in [1.29, 1.82) is 0 Å². The fraction of sp³-hybridized carbons (Fsp3) is 0. The van der Waals surface area contributed by atoms with Crippen LogP contribution in [0.1, 0.15) is 10.4 Å². The number of carboxylic acids is 1. The molecule has 0 saturated carbocycles. The molecular formula is C10H5BrO4. The Morgan fingerprint density at radius 2 is 2.07 bits per heavy atom. The maximum atomic E-state index is 11.2. The van der Waals surface area contributed by atoms with Crippen LogP contribution in [0.15, 0.2) is 33.4 Å². The van der Waals surface area contributed by atoms with Gasteiger partial charge in [0.25, 0.3) is 5.78 Å². The van der Waals surface area contributed by atoms with Gasteiger partial charge >= 0.3 is 5.97 Å². The molecule has 15 heavy (non-hydrogen) atoms. The molecule has 76 valence electrons. The molecule has 0 aliphatic carbocycles. The number of rotatable bonds is 2. The highest BCUT2D eigenvalue weighted by Crippen LogP contribution is 2.26. The van der Waals surface area contributed by atoms with Crippen LogP contribution >= 0.6 is 15.9 Å². The predicted molar refractivity (Wildman–Crippen MR) is 55.9 cm³/mol. The molecule has 0 atom stereocenters. The second-order valence-corrected chi connectivity index (χ2v) is 3.78. The quantitative estimate of drug-likeness (QED) is 0.671. The van der Waals surface area contributed by atoms with Crippen molar-refractivity contribution >= 4 is 38.7 Å². The Balaban J connectivity index is 2.59. The summed E-state index contributed by atoms with van der Waals surface area (Å²) in [5.74, 6) is -2.39. The Labute approximate surface area is 92.6 Å². The van der Waals surface area contributed by atoms with E-state index >= 15 is 0 Å². The van der Waals surface area contributed by atoms with E-state index in [0.29, 0.717) is 15.4 Å². The standard InChI is InChI=1S/C10H5BrO4/c11-7-4-15-8-2-1-5(3-6(7)8)9(12)10(13)14/h1-4H,(H,13,14). The second kappa shape index (κ2) is 3.51. The lowest BCUT2D eigenvalue weighted by molar-refractivity contribution is -0.131. The van der Waals surface area contributed by atoms with Gasteiger partial charge in [-0.05, 0) is 34.1 Å². The number of furan rings is 1. The molecule has 1 N–H and O–H groups in total. The molecule has 0 bridgehead atoms. The van der Waals surface area contributed by atoms with Crippen LogP contribution in [0.4, 0.5) is 0 Å². The summed E-state index contributed by atoms with van der Waals surface area (Å²) in [7, 11) is 0. The number of halogens is 1. The van der Waals surface area contributed by atoms with Crippen molar-refractivity contribution in [1.82, 2.24) is 0 Å². The van der Waals surface area contributed by atoms with Gasteiger partial charge in [0, 0.05) is 10.9 Å². The lowest BCUT2D eigenvalue weighted by atomic mass is 10.1. The van der Waals surface area contributed by atoms with E-state index in [2.05, 4.69) is 15.9 Å². The van der Waals surface area contributed by atoms with Gasteiger partial charge in [0.1, 0.15) is 11.8 Å². The number of ketones is 1. The van der Waals surface area contributed by atoms with E-state index in [9.17, 15) is 9.59 Å². The first-order chi connectivity index (χ1) is 7.09. The SMILES string of the molecule is O=C(O)C(=O)c1ccc2occ(Br)c2c1. The molecule has 0 aliphatic rings. The predicted octanol–water partition coefficient (Wildman–Crippen LogP) is 2.46. The summed E-state index contributed by atoms with van der Waals surface area (Å²) in [6.07, 6.45) is 1.49. The maximum Gasteiger partial charge on any atom is 0.377 e. The highest BCUT2D eigenvalue weighted by atomic mass is 79.9. The van der Waals surface area contributed by atoms with Gasteiger partial charge in [0.2, 0.25) is 0 Å². The molecule has 0 fully saturated rings. The first-order valence-corrected chi connectivity index (χ1v) is 4.83. The van der Waals surface area contributed by atoms with E-state index in [1.54, 1.807) is 6.07 Å². The number of aliphatic carboxylic acids is 1. The summed E-state index contributed by atoms with van der Waals surface area (Å²) >= 11 is 3.23. The van der Waals surface area contributed by atoms with Gasteiger partial charge in [-0.2, -0.15) is 0 Å². The number of benzene rings is 1. The Morgan fingerprint density at radius 1 is 1.33 bits per heavy atom. The molecule has 4 nitrogen and oxygen atoms in total. The summed E-state index contributed by atoms with van der Waals surface area (Å²) in [5, 5.41) is 9.23. The van der Waals surface area contributed by atoms with Crippen LogP contribution in [0.2, 0.25) is 0 Å². The molecule has 1 aromatic carbocycles. The number of hydrogen-bond acceptors (Lipinski definition) is 3. The number of carboxylic acid groups (broad SMARTS) is 1. The summed E-state index contributed by atoms with van der Waals surface area (Å²) < 4.78 is 5.83. The van der Waals surface area contributed by atoms with E-state index in [-0.39, 0.29) is 5.56 Å². The van der Waals surface area contributed by atoms with E-state index in [1.165, 1.54) is 18.4 Å². The minimum atomic E-state index is -1.46. The van der Waals surface area contributed by atoms with E-state index in [1.807, 2.05) is 0 Å². The number of carbonyl (C=O) groups excluding carboxylic acids is 1. The summed E-state index contributed by atoms with van der Waals surface area (Å²) in [4.78, 5) is 21.7. The topological polar surface area (TPSA) is 67.5 Å². The lowest BCUT2D eigenvalue weighted by Gasteiger charge is -1.95. The van der Waals surface area contributed by atoms with E-state index in [0.717, 1.165) is 0 Å². The fourth-order valence-corrected chi connectivity index (χ4v) is 1.67. The summed E-state index contributed by atoms with van der Waals surface area (Å²) in [6, 6.07) is 4.48. The Kier molecular flexibility index (Phi) is 2.32. The molecular weight excluding hydrogens is 264 g/mol. The molecule has 1 aromatic heterocycles. The van der Waals surface area contributed by atoms with Gasteiger partial charge in [0.15, 0.2) is 0 Å². The molecule has 0 radical (unpaired) electrons. The van der Waals surface area contributed by atoms with E-state index < -0.39 is 11.8 Å². The number of fused-ring (bicyclic) bond motifs is 1. The van der Waals surface area contributed by atoms with Crippen molar-refractivity contribution in [2.24, 2.45) is 0 Å². The minimum Gasteiger partial charge on any atom is -0.475 e. The average Bonchev–Trinajstić information content (AvgIpc) is 2.59. The van der Waals surface area contributed by atoms with Crippen molar-refractivity contribution in [3.05, 3.63) is 34.5 Å². The van der Waals surface area contributed by atoms with Crippen molar-refractivity contribution in [2.75, 3.05) is 0 Å². The average molecular weight is 269 g/mol. The highest BCUT2D eigenvalue weighted by Gasteiger charge is 2.15. The fourth-order valence-electron chi connectivity index (χ4n) is 1.26. The first-order valence-electron chi connectivity index (χ1n) is 4.04. The third-order valence-electron chi connectivity index (χ3n) is 1.98. The van der Waals surface area contributed by atoms with Gasteiger partial charge < -0.3 is 9.52 Å². The molecule has 0 amide bonds. The molecule has 0 unspecified atom stereocenters. The summed E-state index contributed by atoms with van der Waals surface area (Å²) in [5.41, 5.74) is 0.737. The molecule has 0 aliphatic heterocycles. The molecule has 5 heteroatoms. The number of hydrogen-bond donors (Lipinski definition) is 1. The molecule has 0 spiro atoms.